The second-order valence-corrected chi connectivity index (χ2v) is 8.50. The zero-order chi connectivity index (χ0) is 22.4. The van der Waals surface area contributed by atoms with Crippen molar-refractivity contribution in [3.63, 3.8) is 0 Å². The molecule has 0 aliphatic carbocycles. The summed E-state index contributed by atoms with van der Waals surface area (Å²) in [4.78, 5) is 23.2. The highest BCUT2D eigenvalue weighted by Crippen LogP contribution is 2.41. The molecule has 0 fully saturated rings. The van der Waals surface area contributed by atoms with Gasteiger partial charge in [-0.15, -0.1) is 16.4 Å². The largest absolute Gasteiger partial charge is 0.454 e. The summed E-state index contributed by atoms with van der Waals surface area (Å²) in [6.45, 7) is 2.03. The van der Waals surface area contributed by atoms with Crippen molar-refractivity contribution >= 4 is 28.9 Å². The molecular weight excluding hydrogens is 440 g/mol. The van der Waals surface area contributed by atoms with Crippen molar-refractivity contribution in [2.24, 2.45) is 0 Å². The first-order valence-electron chi connectivity index (χ1n) is 10.3. The zero-order valence-electron chi connectivity index (χ0n) is 17.5. The molecule has 164 valence electrons. The standard InChI is InChI=1S/C23H18N6O3S/c1-13-19(22(30)26-15-4-2-8-24-11-15)20(14-6-7-16-17(10-14)32-12-31-16)29-23(25-13)27-21(28-29)18-5-3-9-33-18/h2-11,20H,12H2,1H3,(H,26,30)(H,25,27,28)/t20-/m1/s1. The molecule has 6 rings (SSSR count). The maximum absolute atomic E-state index is 13.5. The molecule has 1 atom stereocenters. The van der Waals surface area contributed by atoms with Crippen LogP contribution in [-0.2, 0) is 4.79 Å². The average Bonchev–Trinajstić information content (AvgIpc) is 3.58. The molecule has 9 nitrogen and oxygen atoms in total. The summed E-state index contributed by atoms with van der Waals surface area (Å²) in [5.74, 6) is 2.22. The SMILES string of the molecule is CC1=C(C(=O)Nc2cccnc2)[C@@H](c2ccc3c(c2)OCO3)n2nc(-c3cccs3)nc2N1. The highest BCUT2D eigenvalue weighted by atomic mass is 32.1. The Hall–Kier alpha value is -4.18. The van der Waals surface area contributed by atoms with E-state index in [9.17, 15) is 4.79 Å². The van der Waals surface area contributed by atoms with Gasteiger partial charge in [0.05, 0.1) is 22.3 Å². The number of anilines is 2. The van der Waals surface area contributed by atoms with Gasteiger partial charge in [-0.2, -0.15) is 4.98 Å². The van der Waals surface area contributed by atoms with E-state index in [2.05, 4.69) is 20.6 Å². The Kier molecular flexibility index (Phi) is 4.58. The van der Waals surface area contributed by atoms with Gasteiger partial charge < -0.3 is 20.1 Å². The normalized spacial score (nSPS) is 16.3. The van der Waals surface area contributed by atoms with Crippen LogP contribution >= 0.6 is 11.3 Å². The fourth-order valence-corrected chi connectivity index (χ4v) is 4.63. The number of allylic oxidation sites excluding steroid dienone is 1. The molecule has 2 N–H and O–H groups in total. The number of carbonyl (C=O) groups is 1. The van der Waals surface area contributed by atoms with E-state index in [1.165, 1.54) is 0 Å². The van der Waals surface area contributed by atoms with Crippen LogP contribution in [0.1, 0.15) is 18.5 Å². The zero-order valence-corrected chi connectivity index (χ0v) is 18.3. The Morgan fingerprint density at radius 1 is 1.21 bits per heavy atom. The number of nitrogens with one attached hydrogen (secondary N) is 2. The van der Waals surface area contributed by atoms with Gasteiger partial charge in [-0.05, 0) is 48.2 Å². The first-order chi connectivity index (χ1) is 16.2. The van der Waals surface area contributed by atoms with Gasteiger partial charge in [-0.1, -0.05) is 12.1 Å². The number of hydrogen-bond acceptors (Lipinski definition) is 8. The van der Waals surface area contributed by atoms with Crippen LogP contribution in [0.3, 0.4) is 0 Å². The topological polar surface area (TPSA) is 103 Å². The summed E-state index contributed by atoms with van der Waals surface area (Å²) in [6.07, 6.45) is 3.26. The summed E-state index contributed by atoms with van der Waals surface area (Å²) in [7, 11) is 0. The Morgan fingerprint density at radius 3 is 2.94 bits per heavy atom. The van der Waals surface area contributed by atoms with Crippen LogP contribution in [0.25, 0.3) is 10.7 Å². The number of aromatic nitrogens is 4. The Morgan fingerprint density at radius 2 is 2.12 bits per heavy atom. The lowest BCUT2D eigenvalue weighted by Gasteiger charge is -2.28. The van der Waals surface area contributed by atoms with E-state index in [0.29, 0.717) is 40.2 Å². The van der Waals surface area contributed by atoms with Crippen molar-refractivity contribution in [2.75, 3.05) is 17.4 Å². The second-order valence-electron chi connectivity index (χ2n) is 7.56. The van der Waals surface area contributed by atoms with Gasteiger partial charge in [-0.25, -0.2) is 4.68 Å². The Labute approximate surface area is 192 Å². The first-order valence-corrected chi connectivity index (χ1v) is 11.1. The lowest BCUT2D eigenvalue weighted by molar-refractivity contribution is -0.113. The number of benzene rings is 1. The third-order valence-corrected chi connectivity index (χ3v) is 6.34. The summed E-state index contributed by atoms with van der Waals surface area (Å²) >= 11 is 1.56. The molecule has 5 heterocycles. The summed E-state index contributed by atoms with van der Waals surface area (Å²) in [6, 6.07) is 12.6. The molecule has 0 saturated heterocycles. The number of nitrogens with zero attached hydrogens (tertiary/aromatic N) is 4. The highest BCUT2D eigenvalue weighted by Gasteiger charge is 2.35. The van der Waals surface area contributed by atoms with Crippen molar-refractivity contribution in [3.05, 3.63) is 77.1 Å². The van der Waals surface area contributed by atoms with E-state index in [0.717, 1.165) is 10.4 Å². The predicted octanol–water partition coefficient (Wildman–Crippen LogP) is 4.06. The molecule has 3 aromatic heterocycles. The second kappa shape index (κ2) is 7.75. The van der Waals surface area contributed by atoms with Gasteiger partial charge in [-0.3, -0.25) is 9.78 Å². The number of fused-ring (bicyclic) bond motifs is 2. The van der Waals surface area contributed by atoms with Crippen LogP contribution in [0.4, 0.5) is 11.6 Å². The molecule has 1 amide bonds. The number of rotatable bonds is 4. The number of thiophene rings is 1. The molecule has 4 aromatic rings. The third kappa shape index (κ3) is 3.40. The number of amides is 1. The molecule has 2 aliphatic rings. The smallest absolute Gasteiger partial charge is 0.255 e. The van der Waals surface area contributed by atoms with Crippen LogP contribution in [0.2, 0.25) is 0 Å². The maximum Gasteiger partial charge on any atom is 0.255 e. The van der Waals surface area contributed by atoms with Gasteiger partial charge >= 0.3 is 0 Å². The first kappa shape index (κ1) is 19.5. The Balaban J connectivity index is 1.47. The molecule has 0 radical (unpaired) electrons. The molecule has 2 aliphatic heterocycles. The molecule has 0 saturated carbocycles. The number of carbonyl (C=O) groups excluding carboxylic acids is 1. The van der Waals surface area contributed by atoms with Gasteiger partial charge in [0.25, 0.3) is 5.91 Å². The minimum Gasteiger partial charge on any atom is -0.454 e. The van der Waals surface area contributed by atoms with Gasteiger partial charge in [0.15, 0.2) is 17.3 Å². The van der Waals surface area contributed by atoms with Crippen LogP contribution in [0.5, 0.6) is 11.5 Å². The molecule has 1 aromatic carbocycles. The molecule has 10 heteroatoms. The quantitative estimate of drug-likeness (QED) is 0.475. The number of pyridine rings is 1. The van der Waals surface area contributed by atoms with E-state index >= 15 is 0 Å². The molecule has 0 spiro atoms. The van der Waals surface area contributed by atoms with Gasteiger partial charge in [0.2, 0.25) is 12.7 Å². The fourth-order valence-electron chi connectivity index (χ4n) is 3.98. The van der Waals surface area contributed by atoms with Crippen LogP contribution in [0, 0.1) is 0 Å². The number of hydrogen-bond donors (Lipinski definition) is 2. The van der Waals surface area contributed by atoms with Crippen molar-refractivity contribution in [1.82, 2.24) is 19.7 Å². The van der Waals surface area contributed by atoms with Crippen LogP contribution < -0.4 is 20.1 Å². The highest BCUT2D eigenvalue weighted by molar-refractivity contribution is 7.13. The maximum atomic E-state index is 13.5. The Bertz CT molecular complexity index is 1380. The summed E-state index contributed by atoms with van der Waals surface area (Å²) in [5, 5.41) is 13.0. The van der Waals surface area contributed by atoms with E-state index in [1.807, 2.05) is 42.6 Å². The molecule has 33 heavy (non-hydrogen) atoms. The number of ether oxygens (including phenoxy) is 2. The van der Waals surface area contributed by atoms with Crippen molar-refractivity contribution in [3.8, 4) is 22.2 Å². The van der Waals surface area contributed by atoms with Crippen LogP contribution in [0.15, 0.2) is 71.5 Å². The molecule has 0 bridgehead atoms. The third-order valence-electron chi connectivity index (χ3n) is 5.47. The summed E-state index contributed by atoms with van der Waals surface area (Å²) < 4.78 is 12.8. The van der Waals surface area contributed by atoms with Gasteiger partial charge in [0.1, 0.15) is 6.04 Å². The molecular formula is C23H18N6O3S. The minimum absolute atomic E-state index is 0.172. The average molecular weight is 459 g/mol. The van der Waals surface area contributed by atoms with E-state index in [1.54, 1.807) is 40.5 Å². The van der Waals surface area contributed by atoms with Crippen molar-refractivity contribution in [1.29, 1.82) is 0 Å². The fraction of sp³-hybridized carbons (Fsp3) is 0.130. The van der Waals surface area contributed by atoms with Gasteiger partial charge in [0, 0.05) is 11.9 Å². The van der Waals surface area contributed by atoms with Crippen LogP contribution in [-0.4, -0.2) is 32.4 Å². The molecule has 0 unspecified atom stereocenters. The lowest BCUT2D eigenvalue weighted by atomic mass is 9.94. The monoisotopic (exact) mass is 458 g/mol. The predicted molar refractivity (Wildman–Crippen MR) is 123 cm³/mol. The van der Waals surface area contributed by atoms with Crippen molar-refractivity contribution < 1.29 is 14.3 Å². The minimum atomic E-state index is -0.520. The van der Waals surface area contributed by atoms with Crippen molar-refractivity contribution in [2.45, 2.75) is 13.0 Å². The van der Waals surface area contributed by atoms with E-state index in [-0.39, 0.29) is 12.7 Å². The lowest BCUT2D eigenvalue weighted by Crippen LogP contribution is -2.31. The van der Waals surface area contributed by atoms with E-state index in [4.69, 9.17) is 14.6 Å². The van der Waals surface area contributed by atoms with E-state index < -0.39 is 6.04 Å². The summed E-state index contributed by atoms with van der Waals surface area (Å²) in [5.41, 5.74) is 2.65.